The minimum atomic E-state index is -0.438. The molecule has 0 atom stereocenters. The van der Waals surface area contributed by atoms with Crippen LogP contribution in [0.2, 0.25) is 0 Å². The fourth-order valence-electron chi connectivity index (χ4n) is 2.76. The predicted octanol–water partition coefficient (Wildman–Crippen LogP) is 2.80. The van der Waals surface area contributed by atoms with Gasteiger partial charge in [0.2, 0.25) is 0 Å². The number of aromatic nitrogens is 1. The Morgan fingerprint density at radius 1 is 1.30 bits per heavy atom. The van der Waals surface area contributed by atoms with Crippen molar-refractivity contribution in [3.63, 3.8) is 0 Å². The number of carbonyl (C=O) groups excluding carboxylic acids is 1. The Kier molecular flexibility index (Phi) is 5.20. The number of ether oxygens (including phenoxy) is 1. The summed E-state index contributed by atoms with van der Waals surface area (Å²) in [5.41, 5.74) is 3.81. The van der Waals surface area contributed by atoms with Gasteiger partial charge >= 0.3 is 5.97 Å². The number of hydrogen-bond donors (Lipinski definition) is 1. The first kappa shape index (κ1) is 16.8. The minimum absolute atomic E-state index is 0.0505. The third kappa shape index (κ3) is 2.99. The highest BCUT2D eigenvalue weighted by molar-refractivity contribution is 5.98. The molecule has 0 saturated carbocycles. The molecule has 0 unspecified atom stereocenters. The van der Waals surface area contributed by atoms with Crippen molar-refractivity contribution in [2.45, 2.75) is 26.9 Å². The Morgan fingerprint density at radius 3 is 2.43 bits per heavy atom. The molecule has 0 fully saturated rings. The second-order valence-electron chi connectivity index (χ2n) is 5.15. The zero-order chi connectivity index (χ0) is 17.0. The smallest absolute Gasteiger partial charge is 0.355 e. The normalized spacial score (nSPS) is 10.4. The molecular weight excluding hydrogens is 292 g/mol. The molecule has 5 nitrogen and oxygen atoms in total. The van der Waals surface area contributed by atoms with Crippen molar-refractivity contribution < 1.29 is 14.6 Å². The summed E-state index contributed by atoms with van der Waals surface area (Å²) in [4.78, 5) is 12.4. The Morgan fingerprint density at radius 2 is 1.96 bits per heavy atom. The molecule has 1 heterocycles. The summed E-state index contributed by atoms with van der Waals surface area (Å²) in [7, 11) is 1.78. The van der Waals surface area contributed by atoms with Crippen LogP contribution < -0.4 is 0 Å². The van der Waals surface area contributed by atoms with Crippen molar-refractivity contribution in [3.05, 3.63) is 46.8 Å². The molecule has 2 aromatic rings. The lowest BCUT2D eigenvalue weighted by Gasteiger charge is -2.08. The maximum absolute atomic E-state index is 12.4. The summed E-state index contributed by atoms with van der Waals surface area (Å²) in [6.45, 7) is 3.92. The zero-order valence-electron chi connectivity index (χ0n) is 13.6. The minimum Gasteiger partial charge on any atom is -0.461 e. The Labute approximate surface area is 135 Å². The van der Waals surface area contributed by atoms with E-state index < -0.39 is 5.97 Å². The fourth-order valence-corrected chi connectivity index (χ4v) is 2.76. The van der Waals surface area contributed by atoms with Crippen LogP contribution in [0.1, 0.15) is 41.2 Å². The van der Waals surface area contributed by atoms with Gasteiger partial charge in [-0.2, -0.15) is 5.26 Å². The maximum Gasteiger partial charge on any atom is 0.355 e. The van der Waals surface area contributed by atoms with E-state index in [4.69, 9.17) is 9.84 Å². The summed E-state index contributed by atoms with van der Waals surface area (Å²) in [6, 6.07) is 9.40. The molecule has 2 rings (SSSR count). The highest BCUT2D eigenvalue weighted by Crippen LogP contribution is 2.33. The summed E-state index contributed by atoms with van der Waals surface area (Å²) in [6.07, 6.45) is 0.639. The molecule has 0 amide bonds. The van der Waals surface area contributed by atoms with Crippen LogP contribution >= 0.6 is 0 Å². The summed E-state index contributed by atoms with van der Waals surface area (Å²) < 4.78 is 6.91. The third-order valence-corrected chi connectivity index (χ3v) is 3.86. The highest BCUT2D eigenvalue weighted by atomic mass is 16.5. The first-order valence-corrected chi connectivity index (χ1v) is 7.57. The van der Waals surface area contributed by atoms with Crippen LogP contribution in [0.4, 0.5) is 0 Å². The third-order valence-electron chi connectivity index (χ3n) is 3.86. The number of rotatable bonds is 5. The van der Waals surface area contributed by atoms with Gasteiger partial charge in [-0.25, -0.2) is 4.79 Å². The molecule has 0 bridgehead atoms. The molecule has 0 aliphatic rings. The molecule has 5 heteroatoms. The largest absolute Gasteiger partial charge is 0.461 e. The average molecular weight is 312 g/mol. The second kappa shape index (κ2) is 7.12. The molecular formula is C18H20N2O3. The van der Waals surface area contributed by atoms with E-state index in [1.54, 1.807) is 30.7 Å². The maximum atomic E-state index is 12.4. The highest BCUT2D eigenvalue weighted by Gasteiger charge is 2.26. The van der Waals surface area contributed by atoms with Crippen LogP contribution in [0.25, 0.3) is 11.1 Å². The molecule has 1 aromatic heterocycles. The van der Waals surface area contributed by atoms with Crippen molar-refractivity contribution in [3.8, 4) is 17.2 Å². The molecule has 0 aliphatic heterocycles. The van der Waals surface area contributed by atoms with Crippen molar-refractivity contribution in [2.75, 3.05) is 6.61 Å². The SMILES string of the molecule is CCOC(=O)c1c(-c2ccc(CO)cc2)c(C#N)c(CC)n1C. The standard InChI is InChI=1S/C18H20N2O3/c1-4-15-14(10-19)16(13-8-6-12(11-21)7-9-13)17(20(15)3)18(22)23-5-2/h6-9,21H,4-5,11H2,1-3H3. The summed E-state index contributed by atoms with van der Waals surface area (Å²) in [5, 5.41) is 18.8. The van der Waals surface area contributed by atoms with E-state index >= 15 is 0 Å². The van der Waals surface area contributed by atoms with E-state index in [0.29, 0.717) is 23.2 Å². The first-order valence-electron chi connectivity index (χ1n) is 7.57. The number of benzene rings is 1. The van der Waals surface area contributed by atoms with Crippen molar-refractivity contribution in [2.24, 2.45) is 7.05 Å². The molecule has 1 N–H and O–H groups in total. The van der Waals surface area contributed by atoms with E-state index in [0.717, 1.165) is 16.8 Å². The van der Waals surface area contributed by atoms with E-state index in [1.165, 1.54) is 0 Å². The number of aliphatic hydroxyl groups is 1. The predicted molar refractivity (Wildman–Crippen MR) is 86.8 cm³/mol. The van der Waals surface area contributed by atoms with Gasteiger partial charge in [-0.3, -0.25) is 0 Å². The fraction of sp³-hybridized carbons (Fsp3) is 0.333. The van der Waals surface area contributed by atoms with Crippen molar-refractivity contribution >= 4 is 5.97 Å². The zero-order valence-corrected chi connectivity index (χ0v) is 13.6. The lowest BCUT2D eigenvalue weighted by Crippen LogP contribution is -2.12. The van der Waals surface area contributed by atoms with E-state index in [-0.39, 0.29) is 13.2 Å². The van der Waals surface area contributed by atoms with Crippen LogP contribution in [-0.2, 0) is 24.8 Å². The molecule has 1 aromatic carbocycles. The molecule has 0 spiro atoms. The van der Waals surface area contributed by atoms with E-state index in [2.05, 4.69) is 6.07 Å². The number of nitriles is 1. The first-order chi connectivity index (χ1) is 11.1. The van der Waals surface area contributed by atoms with Gasteiger partial charge in [-0.15, -0.1) is 0 Å². The number of aliphatic hydroxyl groups excluding tert-OH is 1. The van der Waals surface area contributed by atoms with Gasteiger partial charge in [0.15, 0.2) is 0 Å². The van der Waals surface area contributed by atoms with Crippen LogP contribution in [0.15, 0.2) is 24.3 Å². The van der Waals surface area contributed by atoms with Gasteiger partial charge in [0.25, 0.3) is 0 Å². The number of carbonyl (C=O) groups is 1. The topological polar surface area (TPSA) is 75.2 Å². The summed E-state index contributed by atoms with van der Waals surface area (Å²) >= 11 is 0. The van der Waals surface area contributed by atoms with Gasteiger partial charge in [0.05, 0.1) is 18.8 Å². The lowest BCUT2D eigenvalue weighted by atomic mass is 9.99. The van der Waals surface area contributed by atoms with Gasteiger partial charge in [-0.1, -0.05) is 31.2 Å². The van der Waals surface area contributed by atoms with Gasteiger partial charge < -0.3 is 14.4 Å². The number of esters is 1. The van der Waals surface area contributed by atoms with Crippen LogP contribution in [0.3, 0.4) is 0 Å². The molecule has 120 valence electrons. The van der Waals surface area contributed by atoms with Crippen molar-refractivity contribution in [1.82, 2.24) is 4.57 Å². The molecule has 0 aliphatic carbocycles. The van der Waals surface area contributed by atoms with Crippen LogP contribution in [0, 0.1) is 11.3 Å². The number of hydrogen-bond acceptors (Lipinski definition) is 4. The molecule has 23 heavy (non-hydrogen) atoms. The summed E-state index contributed by atoms with van der Waals surface area (Å²) in [5.74, 6) is -0.438. The molecule has 0 saturated heterocycles. The Hall–Kier alpha value is -2.58. The van der Waals surface area contributed by atoms with Crippen molar-refractivity contribution in [1.29, 1.82) is 5.26 Å². The Balaban J connectivity index is 2.72. The van der Waals surface area contributed by atoms with Crippen LogP contribution in [-0.4, -0.2) is 22.2 Å². The quantitative estimate of drug-likeness (QED) is 0.861. The van der Waals surface area contributed by atoms with E-state index in [9.17, 15) is 10.1 Å². The lowest BCUT2D eigenvalue weighted by molar-refractivity contribution is 0.0516. The van der Waals surface area contributed by atoms with Gasteiger partial charge in [0, 0.05) is 18.3 Å². The number of nitrogens with zero attached hydrogens (tertiary/aromatic N) is 2. The second-order valence-corrected chi connectivity index (χ2v) is 5.15. The van der Waals surface area contributed by atoms with Gasteiger partial charge in [-0.05, 0) is 24.5 Å². The average Bonchev–Trinajstić information content (AvgIpc) is 2.86. The Bertz CT molecular complexity index is 752. The molecule has 0 radical (unpaired) electrons. The monoisotopic (exact) mass is 312 g/mol. The van der Waals surface area contributed by atoms with Crippen LogP contribution in [0.5, 0.6) is 0 Å². The van der Waals surface area contributed by atoms with E-state index in [1.807, 2.05) is 19.1 Å². The van der Waals surface area contributed by atoms with Gasteiger partial charge in [0.1, 0.15) is 11.8 Å².